The van der Waals surface area contributed by atoms with Gasteiger partial charge in [-0.15, -0.1) is 12.4 Å². The number of amides is 1. The molecule has 0 bridgehead atoms. The Balaban J connectivity index is 0.00000205. The van der Waals surface area contributed by atoms with Crippen molar-refractivity contribution in [2.45, 2.75) is 31.8 Å². The summed E-state index contributed by atoms with van der Waals surface area (Å²) < 4.78 is 1.45. The average molecular weight is 431 g/mol. The van der Waals surface area contributed by atoms with Gasteiger partial charge >= 0.3 is 0 Å². The number of nitrogens with zero attached hydrogens (tertiary/aromatic N) is 3. The molecule has 3 aromatic heterocycles. The Kier molecular flexibility index (Phi) is 5.46. The van der Waals surface area contributed by atoms with Gasteiger partial charge in [-0.3, -0.25) is 14.0 Å². The molecule has 1 N–H and O–H groups in total. The third-order valence-corrected chi connectivity index (χ3v) is 6.89. The van der Waals surface area contributed by atoms with E-state index >= 15 is 0 Å². The van der Waals surface area contributed by atoms with E-state index in [-0.39, 0.29) is 40.9 Å². The highest BCUT2D eigenvalue weighted by Gasteiger charge is 2.58. The molecule has 4 heterocycles. The zero-order valence-electron chi connectivity index (χ0n) is 15.9. The monoisotopic (exact) mass is 430 g/mol. The lowest BCUT2D eigenvalue weighted by Gasteiger charge is -2.29. The molecule has 1 saturated heterocycles. The molecule has 1 amide bonds. The largest absolute Gasteiger partial charge is 0.330 e. The van der Waals surface area contributed by atoms with Crippen LogP contribution in [-0.4, -0.2) is 39.3 Å². The highest BCUT2D eigenvalue weighted by molar-refractivity contribution is 7.07. The molecule has 1 aliphatic heterocycles. The van der Waals surface area contributed by atoms with E-state index in [4.69, 9.17) is 0 Å². The minimum atomic E-state index is -0.300. The molecule has 152 valence electrons. The Morgan fingerprint density at radius 1 is 1.31 bits per heavy atom. The lowest BCUT2D eigenvalue weighted by atomic mass is 9.93. The van der Waals surface area contributed by atoms with Crippen molar-refractivity contribution in [1.29, 1.82) is 0 Å². The van der Waals surface area contributed by atoms with E-state index in [1.807, 2.05) is 22.4 Å². The third kappa shape index (κ3) is 3.58. The second-order valence-corrected chi connectivity index (χ2v) is 8.58. The number of hydrogen-bond acceptors (Lipinski definition) is 5. The van der Waals surface area contributed by atoms with Crippen molar-refractivity contribution in [2.75, 3.05) is 13.1 Å². The van der Waals surface area contributed by atoms with Gasteiger partial charge in [0.1, 0.15) is 11.2 Å². The van der Waals surface area contributed by atoms with Gasteiger partial charge in [-0.05, 0) is 72.3 Å². The summed E-state index contributed by atoms with van der Waals surface area (Å²) in [7, 11) is 0. The van der Waals surface area contributed by atoms with Gasteiger partial charge < -0.3 is 10.2 Å². The van der Waals surface area contributed by atoms with Crippen molar-refractivity contribution in [3.63, 3.8) is 0 Å². The standard InChI is InChI=1S/C21H22N4O2S.ClH/c26-19-16(12-23-18-3-1-2-9-24(18)19)20(27)25(13-15-4-10-28-14-15)17-11-21(17)5-7-22-8-6-21;/h1-4,9-10,12,14,17,22H,5-8,11,13H2;1H. The highest BCUT2D eigenvalue weighted by Crippen LogP contribution is 2.56. The number of aromatic nitrogens is 2. The fourth-order valence-electron chi connectivity index (χ4n) is 4.46. The Labute approximate surface area is 179 Å². The first-order chi connectivity index (χ1) is 13.7. The van der Waals surface area contributed by atoms with E-state index in [1.54, 1.807) is 29.7 Å². The summed E-state index contributed by atoms with van der Waals surface area (Å²) in [5.74, 6) is -0.206. The number of fused-ring (bicyclic) bond motifs is 1. The van der Waals surface area contributed by atoms with E-state index in [1.165, 1.54) is 10.6 Å². The lowest BCUT2D eigenvalue weighted by molar-refractivity contribution is 0.0690. The number of halogens is 1. The minimum Gasteiger partial charge on any atom is -0.330 e. The van der Waals surface area contributed by atoms with E-state index in [2.05, 4.69) is 15.7 Å². The predicted molar refractivity (Wildman–Crippen MR) is 116 cm³/mol. The number of hydrogen-bond donors (Lipinski definition) is 1. The van der Waals surface area contributed by atoms with Crippen LogP contribution in [-0.2, 0) is 6.54 Å². The van der Waals surface area contributed by atoms with Crippen LogP contribution < -0.4 is 10.9 Å². The Morgan fingerprint density at radius 3 is 2.90 bits per heavy atom. The molecule has 1 saturated carbocycles. The fraction of sp³-hybridized carbons (Fsp3) is 0.381. The third-order valence-electron chi connectivity index (χ3n) is 6.16. The SMILES string of the molecule is Cl.O=C(c1cnc2ccccn2c1=O)N(Cc1ccsc1)C1CC12CCNCC2. The van der Waals surface area contributed by atoms with Crippen LogP contribution in [0, 0.1) is 5.41 Å². The van der Waals surface area contributed by atoms with Crippen LogP contribution in [0.1, 0.15) is 35.2 Å². The highest BCUT2D eigenvalue weighted by atomic mass is 35.5. The Morgan fingerprint density at radius 2 is 2.14 bits per heavy atom. The zero-order valence-corrected chi connectivity index (χ0v) is 17.5. The summed E-state index contributed by atoms with van der Waals surface area (Å²) in [4.78, 5) is 32.7. The molecule has 1 unspecified atom stereocenters. The van der Waals surface area contributed by atoms with Crippen molar-refractivity contribution < 1.29 is 4.79 Å². The molecule has 1 spiro atoms. The number of nitrogens with one attached hydrogen (secondary N) is 1. The quantitative estimate of drug-likeness (QED) is 0.691. The maximum absolute atomic E-state index is 13.5. The van der Waals surface area contributed by atoms with Crippen LogP contribution in [0.4, 0.5) is 0 Å². The molecule has 29 heavy (non-hydrogen) atoms. The molecule has 2 fully saturated rings. The number of rotatable bonds is 4. The maximum Gasteiger partial charge on any atom is 0.270 e. The first kappa shape index (κ1) is 20.1. The molecule has 3 aromatic rings. The number of thiophene rings is 1. The first-order valence-corrected chi connectivity index (χ1v) is 10.6. The van der Waals surface area contributed by atoms with Crippen molar-refractivity contribution in [3.8, 4) is 0 Å². The van der Waals surface area contributed by atoms with Crippen LogP contribution in [0.2, 0.25) is 0 Å². The van der Waals surface area contributed by atoms with Gasteiger partial charge in [0.2, 0.25) is 0 Å². The molecule has 8 heteroatoms. The first-order valence-electron chi connectivity index (χ1n) is 9.67. The molecular weight excluding hydrogens is 408 g/mol. The number of pyridine rings is 1. The molecular formula is C21H23ClN4O2S. The topological polar surface area (TPSA) is 66.7 Å². The average Bonchev–Trinajstić information content (AvgIpc) is 3.14. The molecule has 2 aliphatic rings. The van der Waals surface area contributed by atoms with Gasteiger partial charge in [0.25, 0.3) is 11.5 Å². The number of carbonyl (C=O) groups excluding carboxylic acids is 1. The molecule has 5 rings (SSSR count). The van der Waals surface area contributed by atoms with E-state index in [0.717, 1.165) is 37.9 Å². The van der Waals surface area contributed by atoms with Gasteiger partial charge in [0.15, 0.2) is 0 Å². The van der Waals surface area contributed by atoms with Crippen LogP contribution in [0.25, 0.3) is 5.65 Å². The molecule has 1 atom stereocenters. The van der Waals surface area contributed by atoms with E-state index in [9.17, 15) is 9.59 Å². The van der Waals surface area contributed by atoms with E-state index < -0.39 is 0 Å². The maximum atomic E-state index is 13.5. The van der Waals surface area contributed by atoms with Crippen LogP contribution in [0.15, 0.2) is 52.2 Å². The smallest absolute Gasteiger partial charge is 0.270 e. The molecule has 6 nitrogen and oxygen atoms in total. The van der Waals surface area contributed by atoms with Gasteiger partial charge in [-0.25, -0.2) is 4.98 Å². The second-order valence-electron chi connectivity index (χ2n) is 7.80. The minimum absolute atomic E-state index is 0. The number of piperidine rings is 1. The summed E-state index contributed by atoms with van der Waals surface area (Å²) in [6.07, 6.45) is 6.29. The normalized spacial score (nSPS) is 19.7. The van der Waals surface area contributed by atoms with Gasteiger partial charge in [0, 0.05) is 25.0 Å². The molecule has 0 aromatic carbocycles. The molecule has 1 aliphatic carbocycles. The van der Waals surface area contributed by atoms with Crippen LogP contribution in [0.3, 0.4) is 0 Å². The van der Waals surface area contributed by atoms with Crippen molar-refractivity contribution in [3.05, 3.63) is 68.9 Å². The predicted octanol–water partition coefficient (Wildman–Crippen LogP) is 2.96. The van der Waals surface area contributed by atoms with E-state index in [0.29, 0.717) is 12.2 Å². The summed E-state index contributed by atoms with van der Waals surface area (Å²) in [6.45, 7) is 2.54. The fourth-order valence-corrected chi connectivity index (χ4v) is 5.12. The summed E-state index contributed by atoms with van der Waals surface area (Å²) in [5.41, 5.74) is 1.72. The Hall–Kier alpha value is -2.22. The van der Waals surface area contributed by atoms with Crippen molar-refractivity contribution in [1.82, 2.24) is 19.6 Å². The summed E-state index contributed by atoms with van der Waals surface area (Å²) >= 11 is 1.63. The molecule has 0 radical (unpaired) electrons. The second kappa shape index (κ2) is 7.89. The number of carbonyl (C=O) groups is 1. The van der Waals surface area contributed by atoms with Crippen molar-refractivity contribution >= 4 is 35.3 Å². The zero-order chi connectivity index (χ0) is 19.1. The van der Waals surface area contributed by atoms with Gasteiger partial charge in [0.05, 0.1) is 0 Å². The summed E-state index contributed by atoms with van der Waals surface area (Å²) in [6, 6.07) is 7.62. The lowest BCUT2D eigenvalue weighted by Crippen LogP contribution is -2.41. The van der Waals surface area contributed by atoms with Crippen molar-refractivity contribution in [2.24, 2.45) is 5.41 Å². The summed E-state index contributed by atoms with van der Waals surface area (Å²) in [5, 5.41) is 7.51. The van der Waals surface area contributed by atoms with Crippen LogP contribution >= 0.6 is 23.7 Å². The van der Waals surface area contributed by atoms with Gasteiger partial charge in [-0.2, -0.15) is 11.3 Å². The van der Waals surface area contributed by atoms with Crippen LogP contribution in [0.5, 0.6) is 0 Å². The van der Waals surface area contributed by atoms with Gasteiger partial charge in [-0.1, -0.05) is 6.07 Å². The Bertz CT molecular complexity index is 1080.